The highest BCUT2D eigenvalue weighted by Crippen LogP contribution is 2.42. The Morgan fingerprint density at radius 2 is 1.85 bits per heavy atom. The van der Waals surface area contributed by atoms with E-state index in [1.807, 2.05) is 6.92 Å². The van der Waals surface area contributed by atoms with E-state index >= 15 is 0 Å². The van der Waals surface area contributed by atoms with Crippen molar-refractivity contribution >= 4 is 40.7 Å². The molecule has 1 amide bonds. The maximum Gasteiger partial charge on any atom is 0.295 e. The molecule has 2 saturated heterocycles. The van der Waals surface area contributed by atoms with E-state index in [0.29, 0.717) is 53.2 Å². The first-order chi connectivity index (χ1) is 16.3. The fourth-order valence-corrected chi connectivity index (χ4v) is 4.92. The molecule has 4 rings (SSSR count). The van der Waals surface area contributed by atoms with E-state index in [0.717, 1.165) is 18.7 Å². The third-order valence-corrected chi connectivity index (χ3v) is 6.79. The number of methoxy groups -OCH3 is 1. The molecule has 1 atom stereocenters. The molecule has 0 radical (unpaired) electrons. The minimum absolute atomic E-state index is 0.000710. The number of carbonyl (C=O) groups is 2. The largest absolute Gasteiger partial charge is 0.507 e. The number of morpholine rings is 1. The Morgan fingerprint density at radius 1 is 1.12 bits per heavy atom. The van der Waals surface area contributed by atoms with E-state index in [2.05, 4.69) is 4.90 Å². The van der Waals surface area contributed by atoms with Crippen molar-refractivity contribution in [3.8, 4) is 5.75 Å². The average molecular weight is 505 g/mol. The highest BCUT2D eigenvalue weighted by molar-refractivity contribution is 6.47. The van der Waals surface area contributed by atoms with Crippen molar-refractivity contribution in [2.75, 3.05) is 46.5 Å². The molecule has 0 aromatic heterocycles. The Kier molecular flexibility index (Phi) is 7.48. The monoisotopic (exact) mass is 504 g/mol. The predicted octanol–water partition coefficient (Wildman–Crippen LogP) is 4.06. The summed E-state index contributed by atoms with van der Waals surface area (Å²) in [5.41, 5.74) is 1.73. The molecule has 2 aliphatic heterocycles. The highest BCUT2D eigenvalue weighted by Gasteiger charge is 2.46. The number of benzene rings is 2. The number of nitrogens with zero attached hydrogens (tertiary/aromatic N) is 2. The van der Waals surface area contributed by atoms with Crippen LogP contribution < -0.4 is 4.74 Å². The molecule has 9 heteroatoms. The first kappa shape index (κ1) is 24.5. The van der Waals surface area contributed by atoms with Gasteiger partial charge in [0.15, 0.2) is 0 Å². The van der Waals surface area contributed by atoms with Gasteiger partial charge in [0.25, 0.3) is 11.7 Å². The van der Waals surface area contributed by atoms with E-state index < -0.39 is 17.7 Å². The second kappa shape index (κ2) is 10.4. The molecule has 0 spiro atoms. The Hall–Kier alpha value is -2.58. The Balaban J connectivity index is 1.78. The maximum absolute atomic E-state index is 13.2. The number of Topliss-reactive ketones (excluding diaryl/α,β-unsaturated/α-hetero) is 1. The van der Waals surface area contributed by atoms with Crippen molar-refractivity contribution in [3.63, 3.8) is 0 Å². The van der Waals surface area contributed by atoms with Gasteiger partial charge in [0, 0.05) is 41.8 Å². The summed E-state index contributed by atoms with van der Waals surface area (Å²) < 4.78 is 10.7. The van der Waals surface area contributed by atoms with Crippen molar-refractivity contribution in [2.45, 2.75) is 13.0 Å². The van der Waals surface area contributed by atoms with Crippen LogP contribution in [-0.4, -0.2) is 73.1 Å². The molecule has 0 aliphatic carbocycles. The van der Waals surface area contributed by atoms with Gasteiger partial charge in [-0.2, -0.15) is 0 Å². The number of rotatable bonds is 6. The molecular formula is C25H26Cl2N2O5. The standard InChI is InChI=1S/C25H26Cl2N2O5/c1-15-13-16(3-6-20(15)33-2)23(30)21-22(18-5-4-17(26)14-19(18)27)29(25(32)24(21)31)8-7-28-9-11-34-12-10-28/h3-6,13-14,22,30H,7-12H2,1-2H3/b23-21+. The minimum Gasteiger partial charge on any atom is -0.507 e. The van der Waals surface area contributed by atoms with Crippen molar-refractivity contribution in [2.24, 2.45) is 0 Å². The van der Waals surface area contributed by atoms with Crippen molar-refractivity contribution < 1.29 is 24.2 Å². The van der Waals surface area contributed by atoms with Gasteiger partial charge in [-0.15, -0.1) is 0 Å². The molecule has 34 heavy (non-hydrogen) atoms. The normalized spacial score (nSPS) is 20.7. The third kappa shape index (κ3) is 4.79. The van der Waals surface area contributed by atoms with Crippen LogP contribution in [0.4, 0.5) is 0 Å². The van der Waals surface area contributed by atoms with Crippen LogP contribution in [0, 0.1) is 6.92 Å². The number of halogens is 2. The Bertz CT molecular complexity index is 1140. The highest BCUT2D eigenvalue weighted by atomic mass is 35.5. The fraction of sp³-hybridized carbons (Fsp3) is 0.360. The molecule has 0 bridgehead atoms. The van der Waals surface area contributed by atoms with E-state index in [1.54, 1.807) is 43.5 Å². The Morgan fingerprint density at radius 3 is 2.50 bits per heavy atom. The number of aliphatic hydroxyl groups is 1. The third-order valence-electron chi connectivity index (χ3n) is 6.23. The molecular weight excluding hydrogens is 479 g/mol. The molecule has 0 saturated carbocycles. The lowest BCUT2D eigenvalue weighted by Crippen LogP contribution is -2.42. The lowest BCUT2D eigenvalue weighted by molar-refractivity contribution is -0.140. The number of amides is 1. The lowest BCUT2D eigenvalue weighted by Gasteiger charge is -2.31. The minimum atomic E-state index is -0.840. The molecule has 2 aromatic carbocycles. The Labute approximate surface area is 208 Å². The zero-order valence-electron chi connectivity index (χ0n) is 19.0. The van der Waals surface area contributed by atoms with Gasteiger partial charge in [-0.1, -0.05) is 29.3 Å². The topological polar surface area (TPSA) is 79.3 Å². The molecule has 180 valence electrons. The number of hydrogen-bond donors (Lipinski definition) is 1. The van der Waals surface area contributed by atoms with Crippen LogP contribution in [0.5, 0.6) is 5.75 Å². The summed E-state index contributed by atoms with van der Waals surface area (Å²) in [5.74, 6) is -1.02. The number of carbonyl (C=O) groups excluding carboxylic acids is 2. The van der Waals surface area contributed by atoms with Gasteiger partial charge in [0.05, 0.1) is 31.9 Å². The quantitative estimate of drug-likeness (QED) is 0.363. The molecule has 7 nitrogen and oxygen atoms in total. The van der Waals surface area contributed by atoms with Crippen molar-refractivity contribution in [1.29, 1.82) is 0 Å². The smallest absolute Gasteiger partial charge is 0.295 e. The second-order valence-electron chi connectivity index (χ2n) is 8.30. The van der Waals surface area contributed by atoms with Crippen LogP contribution in [0.2, 0.25) is 10.0 Å². The summed E-state index contributed by atoms with van der Waals surface area (Å²) in [7, 11) is 1.56. The van der Waals surface area contributed by atoms with Gasteiger partial charge >= 0.3 is 0 Å². The zero-order chi connectivity index (χ0) is 24.4. The molecule has 2 aliphatic rings. The van der Waals surface area contributed by atoms with Crippen LogP contribution in [0.1, 0.15) is 22.7 Å². The van der Waals surface area contributed by atoms with Gasteiger partial charge in [-0.3, -0.25) is 14.5 Å². The van der Waals surface area contributed by atoms with Gasteiger partial charge in [-0.25, -0.2) is 0 Å². The number of aliphatic hydroxyl groups excluding tert-OH is 1. The maximum atomic E-state index is 13.2. The van der Waals surface area contributed by atoms with Crippen LogP contribution in [0.3, 0.4) is 0 Å². The van der Waals surface area contributed by atoms with Crippen molar-refractivity contribution in [1.82, 2.24) is 9.80 Å². The summed E-state index contributed by atoms with van der Waals surface area (Å²) in [4.78, 5) is 30.0. The van der Waals surface area contributed by atoms with Crippen molar-refractivity contribution in [3.05, 3.63) is 68.7 Å². The van der Waals surface area contributed by atoms with Gasteiger partial charge in [-0.05, 0) is 48.4 Å². The summed E-state index contributed by atoms with van der Waals surface area (Å²) >= 11 is 12.6. The molecule has 2 heterocycles. The lowest BCUT2D eigenvalue weighted by atomic mass is 9.94. The summed E-state index contributed by atoms with van der Waals surface area (Å²) in [6, 6.07) is 9.16. The summed E-state index contributed by atoms with van der Waals surface area (Å²) in [6.45, 7) is 5.46. The van der Waals surface area contributed by atoms with Gasteiger partial charge in [0.2, 0.25) is 0 Å². The summed E-state index contributed by atoms with van der Waals surface area (Å²) in [6.07, 6.45) is 0. The molecule has 1 unspecified atom stereocenters. The fourth-order valence-electron chi connectivity index (χ4n) is 4.41. The molecule has 2 aromatic rings. The van der Waals surface area contributed by atoms with E-state index in [4.69, 9.17) is 32.7 Å². The van der Waals surface area contributed by atoms with E-state index in [9.17, 15) is 14.7 Å². The van der Waals surface area contributed by atoms with E-state index in [1.165, 1.54) is 4.90 Å². The average Bonchev–Trinajstić information content (AvgIpc) is 3.07. The first-order valence-electron chi connectivity index (χ1n) is 11.0. The van der Waals surface area contributed by atoms with Gasteiger partial charge < -0.3 is 19.5 Å². The van der Waals surface area contributed by atoms with Crippen LogP contribution in [0.15, 0.2) is 42.0 Å². The number of likely N-dealkylation sites (tertiary alicyclic amines) is 1. The van der Waals surface area contributed by atoms with Crippen LogP contribution in [0.25, 0.3) is 5.76 Å². The summed E-state index contributed by atoms with van der Waals surface area (Å²) in [5, 5.41) is 12.0. The molecule has 1 N–H and O–H groups in total. The number of ketones is 1. The molecule has 2 fully saturated rings. The van der Waals surface area contributed by atoms with Gasteiger partial charge in [0.1, 0.15) is 11.5 Å². The number of aryl methyl sites for hydroxylation is 1. The predicted molar refractivity (Wildman–Crippen MR) is 130 cm³/mol. The first-order valence-corrected chi connectivity index (χ1v) is 11.8. The van der Waals surface area contributed by atoms with Crippen LogP contribution >= 0.6 is 23.2 Å². The number of hydrogen-bond acceptors (Lipinski definition) is 6. The SMILES string of the molecule is COc1ccc(/C(O)=C2\C(=O)C(=O)N(CCN3CCOCC3)C2c2ccc(Cl)cc2Cl)cc1C. The van der Waals surface area contributed by atoms with Crippen LogP contribution in [-0.2, 0) is 14.3 Å². The van der Waals surface area contributed by atoms with E-state index in [-0.39, 0.29) is 11.3 Å². The zero-order valence-corrected chi connectivity index (χ0v) is 20.5. The second-order valence-corrected chi connectivity index (χ2v) is 9.14. The number of ether oxygens (including phenoxy) is 2.